The number of hydrogen-bond acceptors (Lipinski definition) is 3. The summed E-state index contributed by atoms with van der Waals surface area (Å²) >= 11 is 0. The van der Waals surface area contributed by atoms with Gasteiger partial charge in [0.25, 0.3) is 0 Å². The van der Waals surface area contributed by atoms with Crippen molar-refractivity contribution < 1.29 is 13.2 Å². The summed E-state index contributed by atoms with van der Waals surface area (Å²) in [6, 6.07) is 0.213. The number of halogens is 3. The molecule has 102 valence electrons. The molecule has 0 bridgehead atoms. The normalized spacial score (nSPS) is 12.3. The van der Waals surface area contributed by atoms with Crippen LogP contribution in [0.25, 0.3) is 11.0 Å². The van der Waals surface area contributed by atoms with Gasteiger partial charge in [-0.1, -0.05) is 0 Å². The minimum Gasteiger partial charge on any atom is -0.335 e. The highest BCUT2D eigenvalue weighted by Gasteiger charge is 2.32. The van der Waals surface area contributed by atoms with Gasteiger partial charge in [-0.15, -0.1) is 0 Å². The van der Waals surface area contributed by atoms with Crippen molar-refractivity contribution >= 4 is 11.0 Å². The van der Waals surface area contributed by atoms with E-state index >= 15 is 0 Å². The summed E-state index contributed by atoms with van der Waals surface area (Å²) in [7, 11) is 0. The Labute approximate surface area is 104 Å². The predicted octanol–water partition coefficient (Wildman–Crippen LogP) is 1.68. The van der Waals surface area contributed by atoms with Crippen molar-refractivity contribution in [2.75, 3.05) is 0 Å². The van der Waals surface area contributed by atoms with Gasteiger partial charge in [-0.25, -0.2) is 4.79 Å². The molecule has 0 aliphatic carbocycles. The quantitative estimate of drug-likeness (QED) is 0.859. The Kier molecular flexibility index (Phi) is 2.95. The number of hydrogen-bond donors (Lipinski definition) is 1. The summed E-state index contributed by atoms with van der Waals surface area (Å²) in [5.74, 6) is 0. The summed E-state index contributed by atoms with van der Waals surface area (Å²) in [6.45, 7) is 3.40. The van der Waals surface area contributed by atoms with E-state index in [0.29, 0.717) is 6.07 Å². The van der Waals surface area contributed by atoms with Gasteiger partial charge in [0.2, 0.25) is 0 Å². The number of H-pyrrole nitrogens is 1. The summed E-state index contributed by atoms with van der Waals surface area (Å²) in [6.07, 6.45) is -3.48. The number of aromatic amines is 1. The first-order valence-electron chi connectivity index (χ1n) is 5.43. The van der Waals surface area contributed by atoms with Gasteiger partial charge in [0.1, 0.15) is 11.3 Å². The van der Waals surface area contributed by atoms with Crippen LogP contribution >= 0.6 is 0 Å². The molecule has 2 heterocycles. The Morgan fingerprint density at radius 1 is 1.32 bits per heavy atom. The number of pyridine rings is 1. The van der Waals surface area contributed by atoms with Crippen molar-refractivity contribution in [2.24, 2.45) is 0 Å². The van der Waals surface area contributed by atoms with Crippen LogP contribution in [-0.4, -0.2) is 14.5 Å². The number of alkyl halides is 3. The third-order valence-corrected chi connectivity index (χ3v) is 2.61. The number of nitrogens with zero attached hydrogens (tertiary/aromatic N) is 2. The minimum atomic E-state index is -4.69. The first-order valence-corrected chi connectivity index (χ1v) is 5.43. The van der Waals surface area contributed by atoms with Gasteiger partial charge in [0.05, 0.1) is 5.39 Å². The predicted molar refractivity (Wildman–Crippen MR) is 62.0 cm³/mol. The van der Waals surface area contributed by atoms with Gasteiger partial charge >= 0.3 is 11.9 Å². The van der Waals surface area contributed by atoms with Crippen LogP contribution in [0.15, 0.2) is 21.9 Å². The van der Waals surface area contributed by atoms with Crippen LogP contribution in [0.5, 0.6) is 0 Å². The molecule has 0 radical (unpaired) electrons. The lowest BCUT2D eigenvalue weighted by Crippen LogP contribution is -2.26. The molecule has 1 N–H and O–H groups in total. The van der Waals surface area contributed by atoms with Gasteiger partial charge in [-0.05, 0) is 13.8 Å². The second kappa shape index (κ2) is 4.22. The maximum absolute atomic E-state index is 12.5. The zero-order chi connectivity index (χ0) is 14.4. The molecule has 0 fully saturated rings. The van der Waals surface area contributed by atoms with Gasteiger partial charge in [-0.2, -0.15) is 18.2 Å². The Bertz CT molecular complexity index is 743. The smallest absolute Gasteiger partial charge is 0.335 e. The van der Waals surface area contributed by atoms with Crippen LogP contribution < -0.4 is 11.1 Å². The lowest BCUT2D eigenvalue weighted by Gasteiger charge is -2.11. The molecule has 0 atom stereocenters. The molecule has 0 saturated heterocycles. The maximum Gasteiger partial charge on any atom is 0.431 e. The second-order valence-corrected chi connectivity index (χ2v) is 4.33. The van der Waals surface area contributed by atoms with Gasteiger partial charge in [0, 0.05) is 18.3 Å². The van der Waals surface area contributed by atoms with Crippen molar-refractivity contribution in [3.63, 3.8) is 0 Å². The summed E-state index contributed by atoms with van der Waals surface area (Å²) in [5.41, 5.74) is -3.12. The molecule has 0 aliphatic rings. The largest absolute Gasteiger partial charge is 0.431 e. The Balaban J connectivity index is 2.82. The fourth-order valence-electron chi connectivity index (χ4n) is 1.64. The van der Waals surface area contributed by atoms with Crippen molar-refractivity contribution in [1.29, 1.82) is 0 Å². The molecule has 5 nitrogen and oxygen atoms in total. The molecular formula is C11H10F3N3O2. The van der Waals surface area contributed by atoms with Crippen LogP contribution in [0.4, 0.5) is 13.2 Å². The first kappa shape index (κ1) is 13.3. The molecule has 0 spiro atoms. The Hall–Kier alpha value is -2.12. The van der Waals surface area contributed by atoms with E-state index in [-0.39, 0.29) is 17.1 Å². The highest BCUT2D eigenvalue weighted by atomic mass is 19.4. The van der Waals surface area contributed by atoms with Crippen molar-refractivity contribution in [1.82, 2.24) is 14.5 Å². The molecule has 2 rings (SSSR count). The molecule has 0 amide bonds. The van der Waals surface area contributed by atoms with E-state index in [1.54, 1.807) is 13.8 Å². The Morgan fingerprint density at radius 3 is 2.47 bits per heavy atom. The van der Waals surface area contributed by atoms with Gasteiger partial charge < -0.3 is 4.98 Å². The third kappa shape index (κ3) is 2.38. The second-order valence-electron chi connectivity index (χ2n) is 4.33. The number of rotatable bonds is 1. The van der Waals surface area contributed by atoms with E-state index in [1.807, 2.05) is 4.98 Å². The molecule has 8 heteroatoms. The van der Waals surface area contributed by atoms with Crippen molar-refractivity contribution in [3.8, 4) is 0 Å². The standard InChI is InChI=1S/C11H10F3N3O2/c1-5(2)17-4-6-7(18)3-8(11(12,13)14)15-9(6)16-10(17)19/h3-5H,1-2H3,(H,15,16,19). The Morgan fingerprint density at radius 2 is 1.95 bits per heavy atom. The maximum atomic E-state index is 12.5. The monoisotopic (exact) mass is 273 g/mol. The molecule has 0 unspecified atom stereocenters. The van der Waals surface area contributed by atoms with E-state index in [2.05, 4.69) is 4.98 Å². The van der Waals surface area contributed by atoms with Crippen molar-refractivity contribution in [2.45, 2.75) is 26.1 Å². The zero-order valence-electron chi connectivity index (χ0n) is 10.1. The van der Waals surface area contributed by atoms with Crippen LogP contribution in [0.3, 0.4) is 0 Å². The van der Waals surface area contributed by atoms with E-state index < -0.39 is 23.0 Å². The molecule has 0 aliphatic heterocycles. The van der Waals surface area contributed by atoms with Crippen molar-refractivity contribution in [3.05, 3.63) is 38.7 Å². The lowest BCUT2D eigenvalue weighted by molar-refractivity contribution is -0.141. The first-order chi connectivity index (χ1) is 8.70. The number of fused-ring (bicyclic) bond motifs is 1. The van der Waals surface area contributed by atoms with E-state index in [9.17, 15) is 22.8 Å². The highest BCUT2D eigenvalue weighted by molar-refractivity contribution is 5.73. The molecule has 19 heavy (non-hydrogen) atoms. The number of aromatic nitrogens is 3. The zero-order valence-corrected chi connectivity index (χ0v) is 10.1. The molecule has 2 aromatic heterocycles. The average Bonchev–Trinajstić information content (AvgIpc) is 2.26. The van der Waals surface area contributed by atoms with Crippen LogP contribution in [0, 0.1) is 0 Å². The summed E-state index contributed by atoms with van der Waals surface area (Å²) < 4.78 is 38.8. The van der Waals surface area contributed by atoms with E-state index in [0.717, 1.165) is 0 Å². The fraction of sp³-hybridized carbons (Fsp3) is 0.364. The van der Waals surface area contributed by atoms with Crippen LogP contribution in [0.2, 0.25) is 0 Å². The highest BCUT2D eigenvalue weighted by Crippen LogP contribution is 2.27. The molecule has 0 saturated carbocycles. The summed E-state index contributed by atoms with van der Waals surface area (Å²) in [5, 5.41) is -0.0544. The van der Waals surface area contributed by atoms with Gasteiger partial charge in [-0.3, -0.25) is 9.36 Å². The fourth-order valence-corrected chi connectivity index (χ4v) is 1.64. The SMILES string of the molecule is CC(C)n1cc2c(=O)cc(C(F)(F)F)[nH]c2nc1=O. The van der Waals surface area contributed by atoms with E-state index in [4.69, 9.17) is 0 Å². The van der Waals surface area contributed by atoms with Crippen LogP contribution in [0.1, 0.15) is 25.6 Å². The number of nitrogens with one attached hydrogen (secondary N) is 1. The van der Waals surface area contributed by atoms with E-state index in [1.165, 1.54) is 10.8 Å². The topological polar surface area (TPSA) is 67.8 Å². The molecular weight excluding hydrogens is 263 g/mol. The lowest BCUT2D eigenvalue weighted by atomic mass is 10.2. The van der Waals surface area contributed by atoms with Crippen LogP contribution in [-0.2, 0) is 6.18 Å². The summed E-state index contributed by atoms with van der Waals surface area (Å²) in [4.78, 5) is 28.7. The average molecular weight is 273 g/mol. The third-order valence-electron chi connectivity index (χ3n) is 2.61. The molecule has 2 aromatic rings. The molecule has 0 aromatic carbocycles. The minimum absolute atomic E-state index is 0.0544. The van der Waals surface area contributed by atoms with Gasteiger partial charge in [0.15, 0.2) is 5.43 Å².